The molecule has 1 aromatic heterocycles. The molecule has 2 N–H and O–H groups in total. The lowest BCUT2D eigenvalue weighted by molar-refractivity contribution is -0.293. The zero-order valence-corrected chi connectivity index (χ0v) is 21.0. The number of nitrogens with one attached hydrogen (secondary N) is 1. The Morgan fingerprint density at radius 1 is 1.11 bits per heavy atom. The fraction of sp³-hybridized carbons (Fsp3) is 0.583. The fourth-order valence-corrected chi connectivity index (χ4v) is 5.62. The van der Waals surface area contributed by atoms with Crippen molar-refractivity contribution in [2.45, 2.75) is 57.2 Å². The molecule has 37 heavy (non-hydrogen) atoms. The Bertz CT molecular complexity index is 1150. The average molecular weight is 553 g/mol. The summed E-state index contributed by atoms with van der Waals surface area (Å²) in [6.45, 7) is 5.90. The van der Waals surface area contributed by atoms with Gasteiger partial charge >= 0.3 is 18.3 Å². The number of aliphatic carboxylic acids is 1. The van der Waals surface area contributed by atoms with Gasteiger partial charge < -0.3 is 10.4 Å². The first-order chi connectivity index (χ1) is 17.0. The van der Waals surface area contributed by atoms with Crippen molar-refractivity contribution < 1.29 is 36.2 Å². The third kappa shape index (κ3) is 5.46. The van der Waals surface area contributed by atoms with E-state index < -0.39 is 48.2 Å². The maximum atomic E-state index is 13.5. The molecule has 2 saturated heterocycles. The van der Waals surface area contributed by atoms with Crippen molar-refractivity contribution in [3.05, 3.63) is 46.7 Å². The Balaban J connectivity index is 1.67. The van der Waals surface area contributed by atoms with Crippen LogP contribution in [-0.4, -0.2) is 63.3 Å². The first-order valence-corrected chi connectivity index (χ1v) is 12.0. The minimum atomic E-state index is -5.58. The van der Waals surface area contributed by atoms with Gasteiger partial charge in [0.15, 0.2) is 5.92 Å². The topological polar surface area (TPSA) is 70.4 Å². The highest BCUT2D eigenvalue weighted by atomic mass is 35.5. The molecule has 0 amide bonds. The molecule has 2 fully saturated rings. The summed E-state index contributed by atoms with van der Waals surface area (Å²) in [7, 11) is 0. The van der Waals surface area contributed by atoms with E-state index in [0.717, 1.165) is 5.69 Å². The number of hydrogen-bond donors (Lipinski definition) is 2. The molecule has 2 aliphatic heterocycles. The summed E-state index contributed by atoms with van der Waals surface area (Å²) in [6, 6.07) is 5.16. The van der Waals surface area contributed by atoms with Gasteiger partial charge in [-0.25, -0.2) is 4.68 Å². The Hall–Kier alpha value is -2.31. The highest BCUT2D eigenvalue weighted by Crippen LogP contribution is 2.48. The molecule has 2 aromatic rings. The average Bonchev–Trinajstić information content (AvgIpc) is 3.41. The lowest BCUT2D eigenvalue weighted by Gasteiger charge is -2.32. The molecule has 6 nitrogen and oxygen atoms in total. The number of para-hydroxylation sites is 1. The van der Waals surface area contributed by atoms with E-state index in [1.54, 1.807) is 33.8 Å². The van der Waals surface area contributed by atoms with Crippen LogP contribution in [0.3, 0.4) is 0 Å². The first kappa shape index (κ1) is 27.7. The van der Waals surface area contributed by atoms with Crippen molar-refractivity contribution in [3.63, 3.8) is 0 Å². The van der Waals surface area contributed by atoms with E-state index in [1.165, 1.54) is 0 Å². The van der Waals surface area contributed by atoms with Crippen LogP contribution in [0.2, 0.25) is 5.02 Å². The summed E-state index contributed by atoms with van der Waals surface area (Å²) in [5.74, 6) is -7.22. The fourth-order valence-electron chi connectivity index (χ4n) is 5.41. The van der Waals surface area contributed by atoms with Crippen molar-refractivity contribution >= 4 is 17.6 Å². The molecule has 0 spiro atoms. The third-order valence-electron chi connectivity index (χ3n) is 7.10. The van der Waals surface area contributed by atoms with Crippen LogP contribution in [0.4, 0.5) is 26.3 Å². The molecular formula is C24H27ClF6N4O2. The highest BCUT2D eigenvalue weighted by Gasteiger charge is 2.66. The van der Waals surface area contributed by atoms with Crippen LogP contribution < -0.4 is 5.32 Å². The molecule has 0 radical (unpaired) electrons. The molecule has 2 aliphatic rings. The predicted octanol–water partition coefficient (Wildman–Crippen LogP) is 5.04. The normalized spacial score (nSPS) is 25.2. The van der Waals surface area contributed by atoms with Gasteiger partial charge in [0.25, 0.3) is 0 Å². The number of carboxylic acids is 1. The molecule has 4 unspecified atom stereocenters. The van der Waals surface area contributed by atoms with Gasteiger partial charge in [0.1, 0.15) is 6.04 Å². The number of fused-ring (bicyclic) bond motifs is 1. The molecular weight excluding hydrogens is 526 g/mol. The molecule has 204 valence electrons. The van der Waals surface area contributed by atoms with Crippen molar-refractivity contribution in [2.75, 3.05) is 13.1 Å². The second kappa shape index (κ2) is 9.46. The number of aromatic nitrogens is 2. The summed E-state index contributed by atoms with van der Waals surface area (Å²) in [5, 5.41) is 16.8. The maximum Gasteiger partial charge on any atom is 0.402 e. The van der Waals surface area contributed by atoms with E-state index in [-0.39, 0.29) is 25.0 Å². The lowest BCUT2D eigenvalue weighted by Crippen LogP contribution is -2.53. The van der Waals surface area contributed by atoms with Crippen LogP contribution in [-0.2, 0) is 16.8 Å². The van der Waals surface area contributed by atoms with Gasteiger partial charge in [-0.15, -0.1) is 0 Å². The van der Waals surface area contributed by atoms with Crippen LogP contribution >= 0.6 is 11.6 Å². The van der Waals surface area contributed by atoms with Gasteiger partial charge in [-0.3, -0.25) is 9.69 Å². The van der Waals surface area contributed by atoms with Gasteiger partial charge in [-0.2, -0.15) is 31.4 Å². The summed E-state index contributed by atoms with van der Waals surface area (Å²) in [4.78, 5) is 13.5. The number of rotatable bonds is 5. The number of halogens is 7. The lowest BCUT2D eigenvalue weighted by atomic mass is 9.84. The van der Waals surface area contributed by atoms with Crippen LogP contribution in [0.1, 0.15) is 32.2 Å². The Kier molecular flexibility index (Phi) is 7.09. The molecule has 0 aliphatic carbocycles. The second-order valence-electron chi connectivity index (χ2n) is 10.7. The van der Waals surface area contributed by atoms with E-state index >= 15 is 0 Å². The second-order valence-corrected chi connectivity index (χ2v) is 11.1. The summed E-state index contributed by atoms with van der Waals surface area (Å²) >= 11 is 6.38. The van der Waals surface area contributed by atoms with E-state index in [2.05, 4.69) is 10.4 Å². The largest absolute Gasteiger partial charge is 0.480 e. The van der Waals surface area contributed by atoms with Crippen molar-refractivity contribution in [1.82, 2.24) is 20.0 Å². The van der Waals surface area contributed by atoms with Crippen LogP contribution in [0.5, 0.6) is 0 Å². The molecule has 0 bridgehead atoms. The molecule has 13 heteroatoms. The van der Waals surface area contributed by atoms with Crippen LogP contribution in [0.25, 0.3) is 5.69 Å². The predicted molar refractivity (Wildman–Crippen MR) is 123 cm³/mol. The number of nitrogens with zero attached hydrogens (tertiary/aromatic N) is 3. The maximum absolute atomic E-state index is 13.5. The summed E-state index contributed by atoms with van der Waals surface area (Å²) in [6.07, 6.45) is -11.2. The van der Waals surface area contributed by atoms with Gasteiger partial charge in [0.2, 0.25) is 0 Å². The number of likely N-dealkylation sites (tertiary alicyclic amines) is 1. The van der Waals surface area contributed by atoms with Crippen LogP contribution in [0, 0.1) is 17.8 Å². The third-order valence-corrected chi connectivity index (χ3v) is 7.42. The van der Waals surface area contributed by atoms with Crippen molar-refractivity contribution in [1.29, 1.82) is 0 Å². The first-order valence-electron chi connectivity index (χ1n) is 11.7. The monoisotopic (exact) mass is 552 g/mol. The number of carboxylic acid groups (broad SMARTS) is 1. The quantitative estimate of drug-likeness (QED) is 0.509. The number of benzene rings is 1. The standard InChI is InChI=1S/C24H27ClF6N4O2/c1-22(2,3)17-8-12(35(33-17)16-7-5-4-6-15(16)25)9-34-10-13-14(11-34)19(21(36)37)32-18(13)20(23(26,27)28)24(29,30)31/h4-8,13-14,18-20,32H,9-11H2,1-3H3,(H,36,37). The van der Waals surface area contributed by atoms with Gasteiger partial charge in [0.05, 0.1) is 22.1 Å². The van der Waals surface area contributed by atoms with Crippen molar-refractivity contribution in [2.24, 2.45) is 17.8 Å². The highest BCUT2D eigenvalue weighted by molar-refractivity contribution is 6.32. The Labute approximate surface area is 214 Å². The summed E-state index contributed by atoms with van der Waals surface area (Å²) in [5.41, 5.74) is 1.58. The Morgan fingerprint density at radius 3 is 2.24 bits per heavy atom. The zero-order valence-electron chi connectivity index (χ0n) is 20.2. The van der Waals surface area contributed by atoms with Gasteiger partial charge in [0, 0.05) is 37.0 Å². The van der Waals surface area contributed by atoms with E-state index in [1.807, 2.05) is 26.8 Å². The smallest absolute Gasteiger partial charge is 0.402 e. The van der Waals surface area contributed by atoms with E-state index in [9.17, 15) is 36.2 Å². The molecule has 1 aromatic carbocycles. The molecule has 3 heterocycles. The molecule has 4 rings (SSSR count). The minimum absolute atomic E-state index is 0.0200. The zero-order chi connectivity index (χ0) is 27.5. The van der Waals surface area contributed by atoms with Gasteiger partial charge in [-0.1, -0.05) is 44.5 Å². The molecule has 0 saturated carbocycles. The van der Waals surface area contributed by atoms with E-state index in [4.69, 9.17) is 11.6 Å². The number of carbonyl (C=O) groups is 1. The number of alkyl halides is 6. The summed E-state index contributed by atoms with van der Waals surface area (Å²) < 4.78 is 82.9. The van der Waals surface area contributed by atoms with E-state index in [0.29, 0.717) is 16.4 Å². The SMILES string of the molecule is CC(C)(C)c1cc(CN2CC3C(C(=O)O)NC(C(C(F)(F)F)C(F)(F)F)C3C2)n(-c2ccccc2Cl)n1. The minimum Gasteiger partial charge on any atom is -0.480 e. The number of hydrogen-bond acceptors (Lipinski definition) is 4. The van der Waals surface area contributed by atoms with Crippen molar-refractivity contribution in [3.8, 4) is 5.69 Å². The van der Waals surface area contributed by atoms with Gasteiger partial charge in [-0.05, 0) is 24.1 Å². The molecule has 4 atom stereocenters. The van der Waals surface area contributed by atoms with Crippen LogP contribution in [0.15, 0.2) is 30.3 Å². The Morgan fingerprint density at radius 2 is 1.70 bits per heavy atom.